The van der Waals surface area contributed by atoms with Gasteiger partial charge in [-0.05, 0) is 26.0 Å². The van der Waals surface area contributed by atoms with Crippen LogP contribution in [-0.4, -0.2) is 21.1 Å². The van der Waals surface area contributed by atoms with Gasteiger partial charge in [0.25, 0.3) is 0 Å². The molecule has 0 atom stereocenters. The lowest BCUT2D eigenvalue weighted by molar-refractivity contribution is -0.114. The summed E-state index contributed by atoms with van der Waals surface area (Å²) in [5, 5.41) is 13.8. The zero-order chi connectivity index (χ0) is 14.0. The molecular formula is C13H11ClN4O. The van der Waals surface area contributed by atoms with Crippen molar-refractivity contribution < 1.29 is 4.79 Å². The predicted molar refractivity (Wildman–Crippen MR) is 70.6 cm³/mol. The summed E-state index contributed by atoms with van der Waals surface area (Å²) in [6.45, 7) is 3.41. The van der Waals surface area contributed by atoms with Gasteiger partial charge in [-0.2, -0.15) is 10.4 Å². The number of halogens is 1. The van der Waals surface area contributed by atoms with Crippen molar-refractivity contribution in [3.63, 3.8) is 0 Å². The van der Waals surface area contributed by atoms with Crippen LogP contribution in [-0.2, 0) is 10.3 Å². The van der Waals surface area contributed by atoms with Crippen molar-refractivity contribution in [2.75, 3.05) is 0 Å². The van der Waals surface area contributed by atoms with Gasteiger partial charge in [-0.25, -0.2) is 0 Å². The van der Waals surface area contributed by atoms with E-state index in [1.807, 2.05) is 6.07 Å². The highest BCUT2D eigenvalue weighted by Gasteiger charge is 2.24. The molecule has 2 heterocycles. The van der Waals surface area contributed by atoms with Gasteiger partial charge in [-0.1, -0.05) is 11.6 Å². The number of nitriles is 1. The van der Waals surface area contributed by atoms with Crippen LogP contribution in [0.15, 0.2) is 24.5 Å². The van der Waals surface area contributed by atoms with Crippen molar-refractivity contribution in [3.8, 4) is 17.5 Å². The Labute approximate surface area is 115 Å². The summed E-state index contributed by atoms with van der Waals surface area (Å²) < 4.78 is 1.44. The Bertz CT molecular complexity index is 670. The van der Waals surface area contributed by atoms with E-state index in [0.29, 0.717) is 22.0 Å². The molecule has 0 bridgehead atoms. The van der Waals surface area contributed by atoms with Crippen molar-refractivity contribution >= 4 is 17.9 Å². The van der Waals surface area contributed by atoms with Gasteiger partial charge < -0.3 is 4.79 Å². The molecule has 0 aliphatic carbocycles. The number of carbonyl (C=O) groups excluding carboxylic acids is 1. The van der Waals surface area contributed by atoms with E-state index in [1.165, 1.54) is 10.9 Å². The first-order valence-electron chi connectivity index (χ1n) is 5.57. The van der Waals surface area contributed by atoms with Crippen LogP contribution in [0.4, 0.5) is 0 Å². The van der Waals surface area contributed by atoms with Gasteiger partial charge in [0.05, 0.1) is 10.6 Å². The largest absolute Gasteiger partial charge is 0.301 e. The molecule has 0 aliphatic rings. The Morgan fingerprint density at radius 2 is 2.21 bits per heavy atom. The lowest BCUT2D eigenvalue weighted by Gasteiger charge is -2.16. The summed E-state index contributed by atoms with van der Waals surface area (Å²) in [7, 11) is 0. The van der Waals surface area contributed by atoms with Crippen molar-refractivity contribution in [3.05, 3.63) is 35.1 Å². The summed E-state index contributed by atoms with van der Waals surface area (Å²) in [6.07, 6.45) is 3.87. The highest BCUT2D eigenvalue weighted by atomic mass is 35.5. The Hall–Kier alpha value is -2.19. The molecule has 19 heavy (non-hydrogen) atoms. The van der Waals surface area contributed by atoms with Gasteiger partial charge in [0.1, 0.15) is 29.3 Å². The van der Waals surface area contributed by atoms with Gasteiger partial charge >= 0.3 is 0 Å². The van der Waals surface area contributed by atoms with E-state index in [9.17, 15) is 4.79 Å². The van der Waals surface area contributed by atoms with E-state index in [0.717, 1.165) is 6.29 Å². The molecule has 0 amide bonds. The van der Waals surface area contributed by atoms with Gasteiger partial charge in [0.15, 0.2) is 0 Å². The molecule has 0 unspecified atom stereocenters. The number of carbonyl (C=O) groups is 1. The molecule has 0 N–H and O–H groups in total. The highest BCUT2D eigenvalue weighted by molar-refractivity contribution is 6.33. The number of hydrogen-bond acceptors (Lipinski definition) is 4. The van der Waals surface area contributed by atoms with E-state index in [2.05, 4.69) is 10.1 Å². The molecular weight excluding hydrogens is 264 g/mol. The fourth-order valence-electron chi connectivity index (χ4n) is 1.54. The van der Waals surface area contributed by atoms with E-state index in [4.69, 9.17) is 16.9 Å². The number of pyridine rings is 1. The summed E-state index contributed by atoms with van der Waals surface area (Å²) in [5.41, 5.74) is 0.310. The first kappa shape index (κ1) is 13.2. The fraction of sp³-hybridized carbons (Fsp3) is 0.231. The van der Waals surface area contributed by atoms with Crippen molar-refractivity contribution in [2.45, 2.75) is 19.4 Å². The van der Waals surface area contributed by atoms with Gasteiger partial charge in [0.2, 0.25) is 0 Å². The molecule has 0 fully saturated rings. The van der Waals surface area contributed by atoms with E-state index in [-0.39, 0.29) is 0 Å². The molecule has 5 nitrogen and oxygen atoms in total. The Balaban J connectivity index is 2.63. The number of hydrogen-bond donors (Lipinski definition) is 0. The predicted octanol–water partition coefficient (Wildman–Crippen LogP) is 2.40. The minimum atomic E-state index is -0.828. The Morgan fingerprint density at radius 3 is 2.79 bits per heavy atom. The highest BCUT2D eigenvalue weighted by Crippen LogP contribution is 2.28. The van der Waals surface area contributed by atoms with Crippen LogP contribution in [0.5, 0.6) is 0 Å². The number of nitrogens with zero attached hydrogens (tertiary/aromatic N) is 4. The topological polar surface area (TPSA) is 71.6 Å². The molecule has 0 aliphatic heterocycles. The van der Waals surface area contributed by atoms with Crippen molar-refractivity contribution in [2.24, 2.45) is 0 Å². The molecule has 96 valence electrons. The quantitative estimate of drug-likeness (QED) is 0.806. The first-order chi connectivity index (χ1) is 8.99. The van der Waals surface area contributed by atoms with E-state index >= 15 is 0 Å². The van der Waals surface area contributed by atoms with Crippen LogP contribution in [0, 0.1) is 11.3 Å². The third kappa shape index (κ3) is 2.35. The summed E-state index contributed by atoms with van der Waals surface area (Å²) in [6, 6.07) is 5.41. The van der Waals surface area contributed by atoms with Gasteiger partial charge in [0, 0.05) is 12.4 Å². The molecule has 2 aromatic heterocycles. The van der Waals surface area contributed by atoms with E-state index < -0.39 is 5.54 Å². The average molecular weight is 275 g/mol. The van der Waals surface area contributed by atoms with E-state index in [1.54, 1.807) is 32.2 Å². The zero-order valence-corrected chi connectivity index (χ0v) is 11.2. The average Bonchev–Trinajstić information content (AvgIpc) is 2.84. The zero-order valence-electron chi connectivity index (χ0n) is 10.5. The first-order valence-corrected chi connectivity index (χ1v) is 5.95. The monoisotopic (exact) mass is 274 g/mol. The maximum atomic E-state index is 11.1. The van der Waals surface area contributed by atoms with Crippen LogP contribution in [0.3, 0.4) is 0 Å². The van der Waals surface area contributed by atoms with Crippen molar-refractivity contribution in [1.82, 2.24) is 14.8 Å². The normalized spacial score (nSPS) is 11.1. The lowest BCUT2D eigenvalue weighted by atomic mass is 10.1. The Morgan fingerprint density at radius 1 is 1.47 bits per heavy atom. The maximum Gasteiger partial charge on any atom is 0.147 e. The second kappa shape index (κ2) is 4.82. The smallest absolute Gasteiger partial charge is 0.147 e. The summed E-state index contributed by atoms with van der Waals surface area (Å²) in [4.78, 5) is 15.2. The second-order valence-electron chi connectivity index (χ2n) is 4.55. The molecule has 0 saturated heterocycles. The number of aldehydes is 1. The van der Waals surface area contributed by atoms with Gasteiger partial charge in [-0.3, -0.25) is 9.67 Å². The minimum Gasteiger partial charge on any atom is -0.301 e. The molecule has 0 saturated carbocycles. The minimum absolute atomic E-state index is 0.329. The third-order valence-corrected chi connectivity index (χ3v) is 3.00. The molecule has 0 aromatic carbocycles. The molecule has 0 spiro atoms. The van der Waals surface area contributed by atoms with Crippen LogP contribution < -0.4 is 0 Å². The van der Waals surface area contributed by atoms with Crippen LogP contribution >= 0.6 is 11.6 Å². The van der Waals surface area contributed by atoms with Crippen LogP contribution in [0.1, 0.15) is 19.4 Å². The van der Waals surface area contributed by atoms with Crippen LogP contribution in [0.25, 0.3) is 11.4 Å². The third-order valence-electron chi connectivity index (χ3n) is 2.70. The SMILES string of the molecule is CC(C)(C=O)n1cc(C#N)c(-c2ncccc2Cl)n1. The lowest BCUT2D eigenvalue weighted by Crippen LogP contribution is -2.28. The summed E-state index contributed by atoms with van der Waals surface area (Å²) in [5.74, 6) is 0. The molecule has 2 rings (SSSR count). The molecule has 0 radical (unpaired) electrons. The molecule has 6 heteroatoms. The maximum absolute atomic E-state index is 11.1. The van der Waals surface area contributed by atoms with Crippen molar-refractivity contribution in [1.29, 1.82) is 5.26 Å². The summed E-state index contributed by atoms with van der Waals surface area (Å²) >= 11 is 6.05. The molecule has 2 aromatic rings. The second-order valence-corrected chi connectivity index (χ2v) is 4.96. The Kier molecular flexibility index (Phi) is 3.36. The standard InChI is InChI=1S/C13H11ClN4O/c1-13(2,8-19)18-7-9(6-15)11(17-18)12-10(14)4-3-5-16-12/h3-5,7-8H,1-2H3. The van der Waals surface area contributed by atoms with Crippen LogP contribution in [0.2, 0.25) is 5.02 Å². The number of aromatic nitrogens is 3. The fourth-order valence-corrected chi connectivity index (χ4v) is 1.75. The van der Waals surface area contributed by atoms with Gasteiger partial charge in [-0.15, -0.1) is 0 Å². The number of rotatable bonds is 3.